The van der Waals surface area contributed by atoms with Gasteiger partial charge in [-0.15, -0.1) is 0 Å². The molecule has 142 valence electrons. The Hall–Kier alpha value is -2.63. The molecule has 0 radical (unpaired) electrons. The zero-order chi connectivity index (χ0) is 19.0. The van der Waals surface area contributed by atoms with Crippen molar-refractivity contribution < 1.29 is 9.59 Å². The first-order chi connectivity index (χ1) is 13.0. The molecule has 0 aliphatic carbocycles. The average Bonchev–Trinajstić information content (AvgIpc) is 3.28. The second-order valence-electron chi connectivity index (χ2n) is 8.03. The number of nitrogens with zero attached hydrogens (tertiary/aromatic N) is 3. The van der Waals surface area contributed by atoms with Crippen LogP contribution in [0.4, 0.5) is 0 Å². The Balaban J connectivity index is 1.41. The van der Waals surface area contributed by atoms with Gasteiger partial charge in [-0.05, 0) is 38.7 Å². The lowest BCUT2D eigenvalue weighted by Gasteiger charge is -2.39. The molecule has 1 spiro atoms. The zero-order valence-electron chi connectivity index (χ0n) is 15.9. The first-order valence-corrected chi connectivity index (χ1v) is 9.68. The van der Waals surface area contributed by atoms with Crippen LogP contribution >= 0.6 is 0 Å². The van der Waals surface area contributed by atoms with Crippen molar-refractivity contribution in [3.05, 3.63) is 53.9 Å². The first-order valence-electron chi connectivity index (χ1n) is 9.68. The van der Waals surface area contributed by atoms with Crippen molar-refractivity contribution >= 4 is 11.8 Å². The minimum absolute atomic E-state index is 0.0284. The molecule has 4 rings (SSSR count). The van der Waals surface area contributed by atoms with E-state index in [1.165, 1.54) is 0 Å². The molecule has 2 amide bonds. The van der Waals surface area contributed by atoms with Crippen LogP contribution in [0.3, 0.4) is 0 Å². The van der Waals surface area contributed by atoms with Gasteiger partial charge in [0, 0.05) is 30.9 Å². The molecular weight excluding hydrogens is 340 g/mol. The van der Waals surface area contributed by atoms with Crippen LogP contribution in [0, 0.1) is 0 Å². The number of carbonyl (C=O) groups is 2. The van der Waals surface area contributed by atoms with Crippen molar-refractivity contribution in [3.8, 4) is 0 Å². The average molecular weight is 366 g/mol. The molecule has 27 heavy (non-hydrogen) atoms. The molecule has 2 aliphatic heterocycles. The highest BCUT2D eigenvalue weighted by atomic mass is 16.2. The Morgan fingerprint density at radius 3 is 2.56 bits per heavy atom. The molecule has 1 aromatic carbocycles. The van der Waals surface area contributed by atoms with Crippen LogP contribution in [0.25, 0.3) is 0 Å². The van der Waals surface area contributed by atoms with Gasteiger partial charge in [-0.1, -0.05) is 30.3 Å². The summed E-state index contributed by atoms with van der Waals surface area (Å²) in [5, 5.41) is 7.51. The van der Waals surface area contributed by atoms with Gasteiger partial charge >= 0.3 is 0 Å². The SMILES string of the molecule is CC(C)n1cc(C(=O)N2CCC3(CC2)C[C@@H](c2ccccc2)C(=O)N3)cn1. The Bertz CT molecular complexity index is 835. The second kappa shape index (κ2) is 6.83. The van der Waals surface area contributed by atoms with Crippen LogP contribution in [0.15, 0.2) is 42.7 Å². The maximum Gasteiger partial charge on any atom is 0.257 e. The van der Waals surface area contributed by atoms with E-state index in [2.05, 4.69) is 10.4 Å². The van der Waals surface area contributed by atoms with Crippen LogP contribution in [0.2, 0.25) is 0 Å². The Morgan fingerprint density at radius 1 is 1.22 bits per heavy atom. The quantitative estimate of drug-likeness (QED) is 0.908. The predicted octanol–water partition coefficient (Wildman–Crippen LogP) is 2.74. The van der Waals surface area contributed by atoms with Crippen molar-refractivity contribution in [1.82, 2.24) is 20.0 Å². The largest absolute Gasteiger partial charge is 0.350 e. The van der Waals surface area contributed by atoms with Gasteiger partial charge in [-0.2, -0.15) is 5.10 Å². The molecular formula is C21H26N4O2. The topological polar surface area (TPSA) is 67.2 Å². The number of nitrogens with one attached hydrogen (secondary N) is 1. The Labute approximate surface area is 159 Å². The zero-order valence-corrected chi connectivity index (χ0v) is 15.9. The number of hydrogen-bond donors (Lipinski definition) is 1. The highest BCUT2D eigenvalue weighted by molar-refractivity contribution is 5.94. The van der Waals surface area contributed by atoms with Crippen LogP contribution in [0.5, 0.6) is 0 Å². The minimum atomic E-state index is -0.184. The Kier molecular flexibility index (Phi) is 4.50. The highest BCUT2D eigenvalue weighted by Crippen LogP contribution is 2.39. The van der Waals surface area contributed by atoms with Crippen molar-refractivity contribution in [2.75, 3.05) is 13.1 Å². The van der Waals surface area contributed by atoms with E-state index in [1.54, 1.807) is 10.9 Å². The summed E-state index contributed by atoms with van der Waals surface area (Å²) in [6.07, 6.45) is 5.87. The van der Waals surface area contributed by atoms with E-state index in [1.807, 2.05) is 55.3 Å². The fourth-order valence-corrected chi connectivity index (χ4v) is 4.22. The van der Waals surface area contributed by atoms with Crippen LogP contribution in [-0.2, 0) is 4.79 Å². The van der Waals surface area contributed by atoms with Gasteiger partial charge < -0.3 is 10.2 Å². The number of aromatic nitrogens is 2. The van der Waals surface area contributed by atoms with Crippen molar-refractivity contribution in [3.63, 3.8) is 0 Å². The molecule has 2 fully saturated rings. The van der Waals surface area contributed by atoms with Gasteiger partial charge in [0.25, 0.3) is 5.91 Å². The summed E-state index contributed by atoms with van der Waals surface area (Å²) in [5.74, 6) is 0.0533. The summed E-state index contributed by atoms with van der Waals surface area (Å²) in [7, 11) is 0. The van der Waals surface area contributed by atoms with E-state index >= 15 is 0 Å². The molecule has 6 nitrogen and oxygen atoms in total. The molecule has 0 bridgehead atoms. The molecule has 2 saturated heterocycles. The summed E-state index contributed by atoms with van der Waals surface area (Å²) >= 11 is 0. The number of rotatable bonds is 3. The van der Waals surface area contributed by atoms with Crippen LogP contribution < -0.4 is 5.32 Å². The van der Waals surface area contributed by atoms with E-state index in [0.717, 1.165) is 24.8 Å². The lowest BCUT2D eigenvalue weighted by atomic mass is 9.82. The van der Waals surface area contributed by atoms with Gasteiger partial charge in [-0.3, -0.25) is 14.3 Å². The minimum Gasteiger partial charge on any atom is -0.350 e. The highest BCUT2D eigenvalue weighted by Gasteiger charge is 2.46. The number of amides is 2. The summed E-state index contributed by atoms with van der Waals surface area (Å²) in [6.45, 7) is 5.40. The maximum atomic E-state index is 12.8. The number of likely N-dealkylation sites (tertiary alicyclic amines) is 1. The van der Waals surface area contributed by atoms with Crippen LogP contribution in [0.1, 0.15) is 61.0 Å². The van der Waals surface area contributed by atoms with Gasteiger partial charge in [0.05, 0.1) is 17.7 Å². The van der Waals surface area contributed by atoms with E-state index in [9.17, 15) is 9.59 Å². The third kappa shape index (κ3) is 3.36. The molecule has 2 aromatic rings. The van der Waals surface area contributed by atoms with Gasteiger partial charge in [0.15, 0.2) is 0 Å². The van der Waals surface area contributed by atoms with Gasteiger partial charge in [0.2, 0.25) is 5.91 Å². The molecule has 1 N–H and O–H groups in total. The molecule has 1 atom stereocenters. The lowest BCUT2D eigenvalue weighted by Crippen LogP contribution is -2.52. The monoisotopic (exact) mass is 366 g/mol. The lowest BCUT2D eigenvalue weighted by molar-refractivity contribution is -0.121. The van der Waals surface area contributed by atoms with Crippen molar-refractivity contribution in [1.29, 1.82) is 0 Å². The summed E-state index contributed by atoms with van der Waals surface area (Å²) in [6, 6.07) is 10.2. The number of benzene rings is 1. The molecule has 0 unspecified atom stereocenters. The molecule has 6 heteroatoms. The fourth-order valence-electron chi connectivity index (χ4n) is 4.22. The standard InChI is InChI=1S/C21H26N4O2/c1-15(2)25-14-17(13-22-25)20(27)24-10-8-21(9-11-24)12-18(19(26)23-21)16-6-4-3-5-7-16/h3-7,13-15,18H,8-12H2,1-2H3,(H,23,26)/t18-/m0/s1. The smallest absolute Gasteiger partial charge is 0.257 e. The number of hydrogen-bond acceptors (Lipinski definition) is 3. The van der Waals surface area contributed by atoms with Gasteiger partial charge in [0.1, 0.15) is 0 Å². The predicted molar refractivity (Wildman–Crippen MR) is 102 cm³/mol. The number of carbonyl (C=O) groups excluding carboxylic acids is 2. The molecule has 0 saturated carbocycles. The molecule has 1 aromatic heterocycles. The maximum absolute atomic E-state index is 12.8. The number of piperidine rings is 1. The Morgan fingerprint density at radius 2 is 1.93 bits per heavy atom. The van der Waals surface area contributed by atoms with Crippen molar-refractivity contribution in [2.45, 2.75) is 50.6 Å². The van der Waals surface area contributed by atoms with E-state index in [4.69, 9.17) is 0 Å². The van der Waals surface area contributed by atoms with E-state index in [0.29, 0.717) is 18.7 Å². The normalized spacial score (nSPS) is 21.7. The van der Waals surface area contributed by atoms with Gasteiger partial charge in [-0.25, -0.2) is 0 Å². The fraction of sp³-hybridized carbons (Fsp3) is 0.476. The van der Waals surface area contributed by atoms with E-state index < -0.39 is 0 Å². The molecule has 2 aliphatic rings. The third-order valence-electron chi connectivity index (χ3n) is 5.89. The van der Waals surface area contributed by atoms with Crippen molar-refractivity contribution in [2.24, 2.45) is 0 Å². The summed E-state index contributed by atoms with van der Waals surface area (Å²) in [5.41, 5.74) is 1.53. The summed E-state index contributed by atoms with van der Waals surface area (Å²) < 4.78 is 1.81. The summed E-state index contributed by atoms with van der Waals surface area (Å²) in [4.78, 5) is 27.2. The molecule has 3 heterocycles. The third-order valence-corrected chi connectivity index (χ3v) is 5.89. The first kappa shape index (κ1) is 17.8. The van der Waals surface area contributed by atoms with E-state index in [-0.39, 0.29) is 29.3 Å². The van der Waals surface area contributed by atoms with Crippen LogP contribution in [-0.4, -0.2) is 45.1 Å². The second-order valence-corrected chi connectivity index (χ2v) is 8.03.